The SMILES string of the molecule is Cc1sc(-c2ccccc2)nc1C(=O)C1C(=O)C(=O)N(CCCN2CCOCC2)C1c1ccco1. The Morgan fingerprint density at radius 1 is 1.09 bits per heavy atom. The number of ether oxygens (including phenoxy) is 1. The van der Waals surface area contributed by atoms with Gasteiger partial charge in [-0.25, -0.2) is 4.98 Å². The number of carbonyl (C=O) groups excluding carboxylic acids is 3. The van der Waals surface area contributed by atoms with Crippen molar-refractivity contribution < 1.29 is 23.5 Å². The Balaban J connectivity index is 1.40. The van der Waals surface area contributed by atoms with E-state index in [0.29, 0.717) is 36.9 Å². The van der Waals surface area contributed by atoms with Crippen LogP contribution in [0.15, 0.2) is 53.1 Å². The number of benzene rings is 1. The van der Waals surface area contributed by atoms with Crippen molar-refractivity contribution in [2.45, 2.75) is 19.4 Å². The molecule has 0 aliphatic carbocycles. The molecular weight excluding hydrogens is 466 g/mol. The summed E-state index contributed by atoms with van der Waals surface area (Å²) in [7, 11) is 0. The van der Waals surface area contributed by atoms with E-state index in [-0.39, 0.29) is 5.69 Å². The molecule has 9 heteroatoms. The highest BCUT2D eigenvalue weighted by molar-refractivity contribution is 7.15. The lowest BCUT2D eigenvalue weighted by Crippen LogP contribution is -2.39. The van der Waals surface area contributed by atoms with Crippen molar-refractivity contribution in [3.63, 3.8) is 0 Å². The number of thiazole rings is 1. The van der Waals surface area contributed by atoms with E-state index in [0.717, 1.165) is 30.1 Å². The minimum Gasteiger partial charge on any atom is -0.467 e. The standard InChI is InChI=1S/C26H27N3O5S/c1-17-21(27-25(35-17)18-7-3-2-4-8-18)23(30)20-22(19-9-5-14-34-19)29(26(32)24(20)31)11-6-10-28-12-15-33-16-13-28/h2-5,7-9,14,20,22H,6,10-13,15-16H2,1H3. The molecule has 0 N–H and O–H groups in total. The molecule has 182 valence electrons. The Morgan fingerprint density at radius 3 is 2.57 bits per heavy atom. The van der Waals surface area contributed by atoms with Gasteiger partial charge in [0.05, 0.1) is 19.5 Å². The Morgan fingerprint density at radius 2 is 1.86 bits per heavy atom. The largest absolute Gasteiger partial charge is 0.467 e. The maximum Gasteiger partial charge on any atom is 0.291 e. The van der Waals surface area contributed by atoms with E-state index < -0.39 is 29.4 Å². The summed E-state index contributed by atoms with van der Waals surface area (Å²) < 4.78 is 11.0. The molecule has 2 atom stereocenters. The molecule has 4 heterocycles. The van der Waals surface area contributed by atoms with E-state index in [4.69, 9.17) is 9.15 Å². The lowest BCUT2D eigenvalue weighted by atomic mass is 9.90. The van der Waals surface area contributed by atoms with E-state index in [9.17, 15) is 14.4 Å². The van der Waals surface area contributed by atoms with Crippen LogP contribution in [0.2, 0.25) is 0 Å². The summed E-state index contributed by atoms with van der Waals surface area (Å²) >= 11 is 1.40. The molecule has 0 radical (unpaired) electrons. The first-order valence-electron chi connectivity index (χ1n) is 11.8. The molecule has 1 amide bonds. The monoisotopic (exact) mass is 493 g/mol. The smallest absolute Gasteiger partial charge is 0.291 e. The number of amides is 1. The Kier molecular flexibility index (Phi) is 6.90. The van der Waals surface area contributed by atoms with E-state index >= 15 is 0 Å². The summed E-state index contributed by atoms with van der Waals surface area (Å²) in [5.41, 5.74) is 1.15. The van der Waals surface area contributed by atoms with Crippen molar-refractivity contribution in [3.8, 4) is 10.6 Å². The Bertz CT molecular complexity index is 1200. The molecule has 0 spiro atoms. The van der Waals surface area contributed by atoms with Gasteiger partial charge in [0.2, 0.25) is 5.78 Å². The third-order valence-electron chi connectivity index (χ3n) is 6.55. The van der Waals surface area contributed by atoms with Crippen LogP contribution in [-0.4, -0.2) is 71.7 Å². The number of carbonyl (C=O) groups is 3. The van der Waals surface area contributed by atoms with Crippen molar-refractivity contribution >= 4 is 28.8 Å². The molecule has 2 saturated heterocycles. The van der Waals surface area contributed by atoms with Gasteiger partial charge in [0.25, 0.3) is 5.91 Å². The van der Waals surface area contributed by atoms with Crippen LogP contribution in [0, 0.1) is 12.8 Å². The van der Waals surface area contributed by atoms with Crippen LogP contribution in [0.5, 0.6) is 0 Å². The second kappa shape index (κ2) is 10.2. The van der Waals surface area contributed by atoms with Crippen LogP contribution in [0.1, 0.15) is 33.6 Å². The topological polar surface area (TPSA) is 92.9 Å². The molecule has 2 unspecified atom stereocenters. The molecule has 3 aromatic rings. The number of hydrogen-bond donors (Lipinski definition) is 0. The summed E-state index contributed by atoms with van der Waals surface area (Å²) in [5.74, 6) is -2.51. The molecule has 5 rings (SSSR count). The first-order chi connectivity index (χ1) is 17.0. The summed E-state index contributed by atoms with van der Waals surface area (Å²) in [6.45, 7) is 6.07. The van der Waals surface area contributed by atoms with Gasteiger partial charge in [0.15, 0.2) is 5.78 Å². The predicted octanol–water partition coefficient (Wildman–Crippen LogP) is 3.39. The molecule has 35 heavy (non-hydrogen) atoms. The Hall–Kier alpha value is -3.14. The fourth-order valence-electron chi connectivity index (χ4n) is 4.77. The van der Waals surface area contributed by atoms with Crippen molar-refractivity contribution in [3.05, 3.63) is 65.1 Å². The van der Waals surface area contributed by atoms with Crippen LogP contribution in [0.4, 0.5) is 0 Å². The van der Waals surface area contributed by atoms with Crippen LogP contribution in [0.3, 0.4) is 0 Å². The van der Waals surface area contributed by atoms with Gasteiger partial charge in [0, 0.05) is 36.6 Å². The van der Waals surface area contributed by atoms with E-state index in [1.165, 1.54) is 22.5 Å². The fourth-order valence-corrected chi connectivity index (χ4v) is 5.69. The molecule has 8 nitrogen and oxygen atoms in total. The van der Waals surface area contributed by atoms with Gasteiger partial charge in [-0.2, -0.15) is 0 Å². The second-order valence-corrected chi connectivity index (χ2v) is 9.97. The summed E-state index contributed by atoms with van der Waals surface area (Å²) in [6.07, 6.45) is 2.18. The zero-order chi connectivity index (χ0) is 24.4. The highest BCUT2D eigenvalue weighted by Crippen LogP contribution is 2.40. The summed E-state index contributed by atoms with van der Waals surface area (Å²) in [4.78, 5) is 49.1. The van der Waals surface area contributed by atoms with Gasteiger partial charge >= 0.3 is 0 Å². The number of likely N-dealkylation sites (tertiary alicyclic amines) is 1. The molecule has 2 aliphatic heterocycles. The highest BCUT2D eigenvalue weighted by Gasteiger charge is 2.53. The third-order valence-corrected chi connectivity index (χ3v) is 7.57. The van der Waals surface area contributed by atoms with Crippen LogP contribution >= 0.6 is 11.3 Å². The van der Waals surface area contributed by atoms with Crippen molar-refractivity contribution in [2.75, 3.05) is 39.4 Å². The molecule has 2 aliphatic rings. The van der Waals surface area contributed by atoms with Gasteiger partial charge in [-0.3, -0.25) is 19.3 Å². The van der Waals surface area contributed by atoms with E-state index in [1.54, 1.807) is 12.1 Å². The van der Waals surface area contributed by atoms with E-state index in [1.807, 2.05) is 37.3 Å². The first kappa shape index (κ1) is 23.6. The summed E-state index contributed by atoms with van der Waals surface area (Å²) in [5, 5.41) is 0.708. The second-order valence-electron chi connectivity index (χ2n) is 8.76. The lowest BCUT2D eigenvalue weighted by molar-refractivity contribution is -0.140. The number of aryl methyl sites for hydroxylation is 1. The van der Waals surface area contributed by atoms with Gasteiger partial charge in [-0.15, -0.1) is 11.3 Å². The van der Waals surface area contributed by atoms with Crippen molar-refractivity contribution in [2.24, 2.45) is 5.92 Å². The molecule has 0 bridgehead atoms. The van der Waals surface area contributed by atoms with Gasteiger partial charge < -0.3 is 14.1 Å². The minimum atomic E-state index is -1.18. The van der Waals surface area contributed by atoms with Crippen LogP contribution in [-0.2, 0) is 14.3 Å². The normalized spacial score (nSPS) is 21.1. The van der Waals surface area contributed by atoms with Gasteiger partial charge in [-0.1, -0.05) is 30.3 Å². The van der Waals surface area contributed by atoms with Gasteiger partial charge in [-0.05, 0) is 25.5 Å². The highest BCUT2D eigenvalue weighted by atomic mass is 32.1. The molecule has 2 fully saturated rings. The van der Waals surface area contributed by atoms with Crippen molar-refractivity contribution in [1.82, 2.24) is 14.8 Å². The number of Topliss-reactive ketones (excluding diaryl/α,β-unsaturated/α-hetero) is 2. The van der Waals surface area contributed by atoms with Gasteiger partial charge in [0.1, 0.15) is 28.4 Å². The Labute approximate surface area is 207 Å². The van der Waals surface area contributed by atoms with Crippen LogP contribution in [0.25, 0.3) is 10.6 Å². The number of nitrogens with zero attached hydrogens (tertiary/aromatic N) is 3. The average molecular weight is 494 g/mol. The predicted molar refractivity (Wildman–Crippen MR) is 130 cm³/mol. The van der Waals surface area contributed by atoms with Crippen molar-refractivity contribution in [1.29, 1.82) is 0 Å². The number of aromatic nitrogens is 1. The quantitative estimate of drug-likeness (QED) is 0.270. The zero-order valence-corrected chi connectivity index (χ0v) is 20.3. The zero-order valence-electron chi connectivity index (χ0n) is 19.5. The number of hydrogen-bond acceptors (Lipinski definition) is 8. The molecule has 2 aromatic heterocycles. The van der Waals surface area contributed by atoms with E-state index in [2.05, 4.69) is 9.88 Å². The number of furan rings is 1. The fraction of sp³-hybridized carbons (Fsp3) is 0.385. The maximum absolute atomic E-state index is 13.7. The van der Waals surface area contributed by atoms with Crippen LogP contribution < -0.4 is 0 Å². The number of morpholine rings is 1. The lowest BCUT2D eigenvalue weighted by Gasteiger charge is -2.29. The molecular formula is C26H27N3O5S. The summed E-state index contributed by atoms with van der Waals surface area (Å²) in [6, 6.07) is 12.2. The minimum absolute atomic E-state index is 0.242. The third kappa shape index (κ3) is 4.71. The first-order valence-corrected chi connectivity index (χ1v) is 12.6. The number of ketones is 2. The maximum atomic E-state index is 13.7. The average Bonchev–Trinajstić information content (AvgIpc) is 3.60. The molecule has 1 aromatic carbocycles. The molecule has 0 saturated carbocycles. The number of rotatable bonds is 8.